The maximum Gasteiger partial charge on any atom is 0.412 e. The number of amides is 2. The molecule has 2 aliphatic heterocycles. The first kappa shape index (κ1) is 19.7. The van der Waals surface area contributed by atoms with Gasteiger partial charge in [-0.25, -0.2) is 9.48 Å². The van der Waals surface area contributed by atoms with Gasteiger partial charge in [0.05, 0.1) is 12.2 Å². The first-order valence-electron chi connectivity index (χ1n) is 10.7. The van der Waals surface area contributed by atoms with Gasteiger partial charge in [-0.3, -0.25) is 4.79 Å². The number of carbonyl (C=O) groups is 2. The number of aromatic nitrogens is 3. The summed E-state index contributed by atoms with van der Waals surface area (Å²) in [5.41, 5.74) is 0.412. The Kier molecular flexibility index (Phi) is 5.35. The predicted octanol–water partition coefficient (Wildman–Crippen LogP) is 2.52. The number of nitrogens with zero attached hydrogens (tertiary/aromatic N) is 4. The fraction of sp³-hybridized carbons (Fsp3) is 0.524. The Morgan fingerprint density at radius 2 is 1.84 bits per heavy atom. The normalized spacial score (nSPS) is 22.4. The van der Waals surface area contributed by atoms with Crippen LogP contribution in [0.5, 0.6) is 17.2 Å². The van der Waals surface area contributed by atoms with Gasteiger partial charge in [0.15, 0.2) is 17.2 Å². The summed E-state index contributed by atoms with van der Waals surface area (Å²) in [6, 6.07) is 5.25. The third kappa shape index (κ3) is 4.28. The maximum absolute atomic E-state index is 12.5. The molecule has 2 amide bonds. The molecule has 10 heteroatoms. The number of rotatable bonds is 4. The highest BCUT2D eigenvalue weighted by Gasteiger charge is 2.27. The zero-order valence-electron chi connectivity index (χ0n) is 17.2. The Labute approximate surface area is 179 Å². The lowest BCUT2D eigenvalue weighted by Crippen LogP contribution is -2.39. The first-order chi connectivity index (χ1) is 15.2. The van der Waals surface area contributed by atoms with E-state index in [0.717, 1.165) is 51.6 Å². The van der Waals surface area contributed by atoms with Crippen molar-refractivity contribution in [1.29, 1.82) is 0 Å². The molecule has 1 N–H and O–H groups in total. The van der Waals surface area contributed by atoms with E-state index >= 15 is 0 Å². The summed E-state index contributed by atoms with van der Waals surface area (Å²) in [5, 5.41) is 11.2. The summed E-state index contributed by atoms with van der Waals surface area (Å²) in [5.74, 6) is 1.59. The van der Waals surface area contributed by atoms with Crippen molar-refractivity contribution in [2.45, 2.75) is 50.6 Å². The second kappa shape index (κ2) is 8.44. The van der Waals surface area contributed by atoms with Gasteiger partial charge in [-0.15, -0.1) is 5.10 Å². The Bertz CT molecular complexity index is 963. The molecule has 5 rings (SSSR count). The fourth-order valence-corrected chi connectivity index (χ4v) is 4.36. The Balaban J connectivity index is 1.10. The largest absolute Gasteiger partial charge is 0.454 e. The number of hydrogen-bond acceptors (Lipinski definition) is 7. The smallest absolute Gasteiger partial charge is 0.412 e. The molecule has 2 fully saturated rings. The molecular weight excluding hydrogens is 402 g/mol. The lowest BCUT2D eigenvalue weighted by Gasteiger charge is -2.28. The summed E-state index contributed by atoms with van der Waals surface area (Å²) in [6.07, 6.45) is 6.66. The van der Waals surface area contributed by atoms with Gasteiger partial charge in [-0.2, -0.15) is 0 Å². The van der Waals surface area contributed by atoms with Gasteiger partial charge < -0.3 is 24.4 Å². The van der Waals surface area contributed by atoms with Crippen LogP contribution in [0.2, 0.25) is 0 Å². The van der Waals surface area contributed by atoms with Crippen LogP contribution in [-0.4, -0.2) is 57.8 Å². The number of fused-ring (bicyclic) bond motifs is 1. The van der Waals surface area contributed by atoms with Gasteiger partial charge in [0.25, 0.3) is 5.91 Å². The van der Waals surface area contributed by atoms with Crippen molar-refractivity contribution < 1.29 is 23.8 Å². The van der Waals surface area contributed by atoms with Crippen molar-refractivity contribution in [2.75, 3.05) is 19.9 Å². The van der Waals surface area contributed by atoms with E-state index in [4.69, 9.17) is 14.2 Å². The van der Waals surface area contributed by atoms with E-state index in [1.807, 2.05) is 4.90 Å². The number of nitrogens with one attached hydrogen (secondary N) is 1. The maximum atomic E-state index is 12.5. The number of carbonyl (C=O) groups excluding carboxylic acids is 2. The van der Waals surface area contributed by atoms with Gasteiger partial charge in [-0.1, -0.05) is 5.21 Å². The molecule has 164 valence electrons. The Morgan fingerprint density at radius 3 is 2.65 bits per heavy atom. The molecule has 1 saturated heterocycles. The van der Waals surface area contributed by atoms with E-state index in [0.29, 0.717) is 22.9 Å². The molecule has 0 bridgehead atoms. The van der Waals surface area contributed by atoms with Crippen LogP contribution < -0.4 is 19.5 Å². The van der Waals surface area contributed by atoms with E-state index < -0.39 is 6.09 Å². The van der Waals surface area contributed by atoms with Crippen molar-refractivity contribution in [1.82, 2.24) is 25.2 Å². The minimum absolute atomic E-state index is 0.0342. The number of benzene rings is 1. The molecule has 0 radical (unpaired) electrons. The van der Waals surface area contributed by atoms with E-state index in [1.165, 1.54) is 0 Å². The molecule has 0 atom stereocenters. The molecule has 1 aliphatic carbocycles. The topological polar surface area (TPSA) is 108 Å². The molecule has 0 spiro atoms. The zero-order chi connectivity index (χ0) is 21.2. The lowest BCUT2D eigenvalue weighted by atomic mass is 9.91. The average Bonchev–Trinajstić information content (AvgIpc) is 3.55. The first-order valence-corrected chi connectivity index (χ1v) is 10.7. The minimum atomic E-state index is -0.485. The predicted molar refractivity (Wildman–Crippen MR) is 108 cm³/mol. The average molecular weight is 427 g/mol. The molecule has 1 aromatic heterocycles. The summed E-state index contributed by atoms with van der Waals surface area (Å²) in [4.78, 5) is 26.6. The van der Waals surface area contributed by atoms with E-state index in [-0.39, 0.29) is 24.8 Å². The lowest BCUT2D eigenvalue weighted by molar-refractivity contribution is 0.0786. The van der Waals surface area contributed by atoms with E-state index in [1.54, 1.807) is 29.1 Å². The van der Waals surface area contributed by atoms with Crippen LogP contribution in [0.1, 0.15) is 55.1 Å². The second-order valence-corrected chi connectivity index (χ2v) is 8.14. The number of ether oxygens (including phenoxy) is 3. The summed E-state index contributed by atoms with van der Waals surface area (Å²) < 4.78 is 17.7. The van der Waals surface area contributed by atoms with Crippen molar-refractivity contribution in [3.8, 4) is 17.2 Å². The number of hydrogen-bond donors (Lipinski definition) is 1. The van der Waals surface area contributed by atoms with E-state index in [9.17, 15) is 9.59 Å². The SMILES string of the molecule is O=C(N[C@H]1CC[C@@H](n2cc(C(=O)N3CCCC3)nn2)CC1)Oc1ccc2c(c1)OCO2. The fourth-order valence-electron chi connectivity index (χ4n) is 4.36. The van der Waals surface area contributed by atoms with Crippen LogP contribution in [0, 0.1) is 0 Å². The van der Waals surface area contributed by atoms with Crippen LogP contribution in [0.15, 0.2) is 24.4 Å². The zero-order valence-corrected chi connectivity index (χ0v) is 17.2. The van der Waals surface area contributed by atoms with Gasteiger partial charge in [0.2, 0.25) is 6.79 Å². The van der Waals surface area contributed by atoms with Crippen LogP contribution in [0.3, 0.4) is 0 Å². The second-order valence-electron chi connectivity index (χ2n) is 8.14. The van der Waals surface area contributed by atoms with Gasteiger partial charge in [-0.05, 0) is 50.7 Å². The quantitative estimate of drug-likeness (QED) is 0.799. The molecule has 3 heterocycles. The minimum Gasteiger partial charge on any atom is -0.454 e. The molecule has 1 aromatic carbocycles. The van der Waals surface area contributed by atoms with Crippen molar-refractivity contribution in [2.24, 2.45) is 0 Å². The Morgan fingerprint density at radius 1 is 1.06 bits per heavy atom. The third-order valence-corrected chi connectivity index (χ3v) is 6.07. The molecule has 31 heavy (non-hydrogen) atoms. The summed E-state index contributed by atoms with van der Waals surface area (Å²) in [7, 11) is 0. The highest BCUT2D eigenvalue weighted by Crippen LogP contribution is 2.35. The van der Waals surface area contributed by atoms with Crippen LogP contribution in [0.25, 0.3) is 0 Å². The third-order valence-electron chi connectivity index (χ3n) is 6.07. The molecule has 3 aliphatic rings. The molecule has 1 saturated carbocycles. The molecule has 10 nitrogen and oxygen atoms in total. The monoisotopic (exact) mass is 427 g/mol. The highest BCUT2D eigenvalue weighted by molar-refractivity contribution is 5.92. The molecular formula is C21H25N5O5. The van der Waals surface area contributed by atoms with E-state index in [2.05, 4.69) is 15.6 Å². The number of likely N-dealkylation sites (tertiary alicyclic amines) is 1. The molecule has 0 unspecified atom stereocenters. The Hall–Kier alpha value is -3.30. The van der Waals surface area contributed by atoms with Gasteiger partial charge in [0.1, 0.15) is 5.75 Å². The van der Waals surface area contributed by atoms with Crippen LogP contribution in [0.4, 0.5) is 4.79 Å². The summed E-state index contributed by atoms with van der Waals surface area (Å²) >= 11 is 0. The van der Waals surface area contributed by atoms with Gasteiger partial charge in [0, 0.05) is 25.2 Å². The summed E-state index contributed by atoms with van der Waals surface area (Å²) in [6.45, 7) is 1.77. The van der Waals surface area contributed by atoms with Crippen LogP contribution >= 0.6 is 0 Å². The van der Waals surface area contributed by atoms with Crippen molar-refractivity contribution in [3.05, 3.63) is 30.1 Å². The van der Waals surface area contributed by atoms with Gasteiger partial charge >= 0.3 is 6.09 Å². The highest BCUT2D eigenvalue weighted by atomic mass is 16.7. The standard InChI is InChI=1S/C21H25N5O5/c27-20(25-9-1-2-10-25)17-12-26(24-23-17)15-5-3-14(4-6-15)22-21(28)31-16-7-8-18-19(11-16)30-13-29-18/h7-8,11-12,14-15H,1-6,9-10,13H2,(H,22,28)/t14-,15+. The van der Waals surface area contributed by atoms with Crippen molar-refractivity contribution in [3.63, 3.8) is 0 Å². The molecule has 2 aromatic rings. The van der Waals surface area contributed by atoms with Crippen molar-refractivity contribution >= 4 is 12.0 Å². The van der Waals surface area contributed by atoms with Crippen LogP contribution in [-0.2, 0) is 0 Å².